The van der Waals surface area contributed by atoms with E-state index >= 15 is 0 Å². The molecule has 1 N–H and O–H groups in total. The average molecular weight is 236 g/mol. The molecule has 0 unspecified atom stereocenters. The molecule has 0 spiro atoms. The van der Waals surface area contributed by atoms with E-state index in [-0.39, 0.29) is 0 Å². The molecular weight excluding hydrogens is 229 g/mol. The van der Waals surface area contributed by atoms with Crippen molar-refractivity contribution in [3.8, 4) is 17.2 Å². The van der Waals surface area contributed by atoms with Gasteiger partial charge in [0.15, 0.2) is 11.5 Å². The van der Waals surface area contributed by atoms with Crippen LogP contribution in [0.15, 0.2) is 18.2 Å². The van der Waals surface area contributed by atoms with Gasteiger partial charge in [0.1, 0.15) is 0 Å². The molecule has 0 heterocycles. The summed E-state index contributed by atoms with van der Waals surface area (Å²) in [6.07, 6.45) is -4.98. The van der Waals surface area contributed by atoms with E-state index in [1.807, 2.05) is 0 Å². The van der Waals surface area contributed by atoms with Crippen molar-refractivity contribution < 1.29 is 32.5 Å². The van der Waals surface area contributed by atoms with Gasteiger partial charge >= 0.3 is 12.3 Å². The van der Waals surface area contributed by atoms with Gasteiger partial charge in [-0.3, -0.25) is 4.79 Å². The highest BCUT2D eigenvalue weighted by Crippen LogP contribution is 2.39. The normalized spacial score (nSPS) is 11.0. The Kier molecular flexibility index (Phi) is 3.26. The number of hydrogen-bond donors (Lipinski definition) is 1. The van der Waals surface area contributed by atoms with Crippen LogP contribution in [0.4, 0.5) is 13.2 Å². The molecule has 0 aliphatic rings. The Hall–Kier alpha value is -1.92. The molecule has 16 heavy (non-hydrogen) atoms. The van der Waals surface area contributed by atoms with Crippen molar-refractivity contribution in [3.63, 3.8) is 0 Å². The van der Waals surface area contributed by atoms with Crippen molar-refractivity contribution >= 4 is 5.97 Å². The lowest BCUT2D eigenvalue weighted by Gasteiger charge is -2.13. The standard InChI is InChI=1S/C9H7F3O4/c1-5(13)15-7-4-2-3-6(14)8(7)16-9(10,11)12/h2-4,14H,1H3. The topological polar surface area (TPSA) is 55.8 Å². The quantitative estimate of drug-likeness (QED) is 0.631. The van der Waals surface area contributed by atoms with E-state index in [9.17, 15) is 18.0 Å². The van der Waals surface area contributed by atoms with Crippen molar-refractivity contribution in [1.29, 1.82) is 0 Å². The maximum atomic E-state index is 12.0. The predicted molar refractivity (Wildman–Crippen MR) is 46.1 cm³/mol. The minimum atomic E-state index is -4.98. The second kappa shape index (κ2) is 4.30. The number of ether oxygens (including phenoxy) is 2. The van der Waals surface area contributed by atoms with E-state index in [4.69, 9.17) is 5.11 Å². The number of para-hydroxylation sites is 1. The summed E-state index contributed by atoms with van der Waals surface area (Å²) in [6, 6.07) is 3.27. The molecule has 4 nitrogen and oxygen atoms in total. The zero-order valence-corrected chi connectivity index (χ0v) is 8.04. The molecule has 0 fully saturated rings. The third kappa shape index (κ3) is 3.34. The van der Waals surface area contributed by atoms with Crippen LogP contribution in [0.25, 0.3) is 0 Å². The van der Waals surface area contributed by atoms with E-state index in [1.54, 1.807) is 0 Å². The summed E-state index contributed by atoms with van der Waals surface area (Å²) in [7, 11) is 0. The van der Waals surface area contributed by atoms with Crippen molar-refractivity contribution in [2.75, 3.05) is 0 Å². The van der Waals surface area contributed by atoms with Crippen LogP contribution in [0.5, 0.6) is 17.2 Å². The molecule has 0 atom stereocenters. The van der Waals surface area contributed by atoms with Gasteiger partial charge in [0.25, 0.3) is 0 Å². The summed E-state index contributed by atoms with van der Waals surface area (Å²) in [4.78, 5) is 10.6. The van der Waals surface area contributed by atoms with E-state index < -0.39 is 29.6 Å². The number of hydrogen-bond acceptors (Lipinski definition) is 4. The first-order valence-electron chi connectivity index (χ1n) is 4.06. The molecule has 0 aromatic heterocycles. The molecule has 0 bridgehead atoms. The van der Waals surface area contributed by atoms with E-state index in [2.05, 4.69) is 9.47 Å². The van der Waals surface area contributed by atoms with Crippen LogP contribution in [0.1, 0.15) is 6.92 Å². The van der Waals surface area contributed by atoms with Crippen molar-refractivity contribution in [1.82, 2.24) is 0 Å². The van der Waals surface area contributed by atoms with Gasteiger partial charge < -0.3 is 14.6 Å². The van der Waals surface area contributed by atoms with Gasteiger partial charge in [0.05, 0.1) is 0 Å². The molecule has 0 saturated carbocycles. The number of carbonyl (C=O) groups excluding carboxylic acids is 1. The zero-order chi connectivity index (χ0) is 12.3. The highest BCUT2D eigenvalue weighted by molar-refractivity contribution is 5.71. The van der Waals surface area contributed by atoms with Crippen molar-refractivity contribution in [2.24, 2.45) is 0 Å². The largest absolute Gasteiger partial charge is 0.573 e. The highest BCUT2D eigenvalue weighted by atomic mass is 19.4. The first-order chi connectivity index (χ1) is 7.29. The minimum Gasteiger partial charge on any atom is -0.504 e. The molecule has 0 saturated heterocycles. The number of phenolic OH excluding ortho intramolecular Hbond substituents is 1. The summed E-state index contributed by atoms with van der Waals surface area (Å²) >= 11 is 0. The van der Waals surface area contributed by atoms with Gasteiger partial charge in [0.2, 0.25) is 5.75 Å². The van der Waals surface area contributed by atoms with Crippen LogP contribution in [0.2, 0.25) is 0 Å². The molecule has 1 aromatic rings. The second-order valence-corrected chi connectivity index (χ2v) is 2.75. The number of rotatable bonds is 2. The number of aromatic hydroxyl groups is 1. The monoisotopic (exact) mass is 236 g/mol. The minimum absolute atomic E-state index is 0.496. The van der Waals surface area contributed by atoms with Crippen molar-refractivity contribution in [3.05, 3.63) is 18.2 Å². The fraction of sp³-hybridized carbons (Fsp3) is 0.222. The summed E-state index contributed by atoms with van der Waals surface area (Å²) < 4.78 is 43.9. The lowest BCUT2D eigenvalue weighted by molar-refractivity contribution is -0.275. The Morgan fingerprint density at radius 1 is 1.38 bits per heavy atom. The van der Waals surface area contributed by atoms with E-state index in [1.165, 1.54) is 6.07 Å². The first-order valence-corrected chi connectivity index (χ1v) is 4.06. The van der Waals surface area contributed by atoms with Gasteiger partial charge in [-0.05, 0) is 12.1 Å². The number of benzene rings is 1. The predicted octanol–water partition coefficient (Wildman–Crippen LogP) is 2.22. The third-order valence-electron chi connectivity index (χ3n) is 1.43. The Labute approximate surface area is 88.2 Å². The molecule has 88 valence electrons. The second-order valence-electron chi connectivity index (χ2n) is 2.75. The third-order valence-corrected chi connectivity index (χ3v) is 1.43. The first kappa shape index (κ1) is 12.2. The number of halogens is 3. The van der Waals surface area contributed by atoms with Crippen LogP contribution in [0, 0.1) is 0 Å². The Morgan fingerprint density at radius 3 is 2.50 bits per heavy atom. The Balaban J connectivity index is 3.08. The molecule has 1 aromatic carbocycles. The number of esters is 1. The summed E-state index contributed by atoms with van der Waals surface area (Å²) in [5.41, 5.74) is 0. The molecule has 0 amide bonds. The fourth-order valence-electron chi connectivity index (χ4n) is 0.958. The van der Waals surface area contributed by atoms with Gasteiger partial charge in [0, 0.05) is 6.92 Å². The number of phenols is 1. The van der Waals surface area contributed by atoms with Gasteiger partial charge in [-0.25, -0.2) is 0 Å². The maximum Gasteiger partial charge on any atom is 0.573 e. The zero-order valence-electron chi connectivity index (χ0n) is 8.04. The van der Waals surface area contributed by atoms with Gasteiger partial charge in [-0.1, -0.05) is 6.07 Å². The van der Waals surface area contributed by atoms with Gasteiger partial charge in [-0.15, -0.1) is 13.2 Å². The summed E-state index contributed by atoms with van der Waals surface area (Å²) in [5.74, 6) is -3.02. The van der Waals surface area contributed by atoms with Gasteiger partial charge in [-0.2, -0.15) is 0 Å². The molecular formula is C9H7F3O4. The van der Waals surface area contributed by atoms with E-state index in [0.717, 1.165) is 19.1 Å². The SMILES string of the molecule is CC(=O)Oc1cccc(O)c1OC(F)(F)F. The maximum absolute atomic E-state index is 12.0. The highest BCUT2D eigenvalue weighted by Gasteiger charge is 2.34. The number of carbonyl (C=O) groups is 1. The smallest absolute Gasteiger partial charge is 0.504 e. The molecule has 0 radical (unpaired) electrons. The van der Waals surface area contributed by atoms with Crippen LogP contribution in [-0.4, -0.2) is 17.4 Å². The molecule has 1 rings (SSSR count). The van der Waals surface area contributed by atoms with Crippen LogP contribution < -0.4 is 9.47 Å². The fourth-order valence-corrected chi connectivity index (χ4v) is 0.958. The number of alkyl halides is 3. The summed E-state index contributed by atoms with van der Waals surface area (Å²) in [6.45, 7) is 1.02. The average Bonchev–Trinajstić information content (AvgIpc) is 2.08. The van der Waals surface area contributed by atoms with Crippen LogP contribution in [0.3, 0.4) is 0 Å². The molecule has 7 heteroatoms. The summed E-state index contributed by atoms with van der Waals surface area (Å²) in [5, 5.41) is 9.15. The van der Waals surface area contributed by atoms with Crippen LogP contribution in [-0.2, 0) is 4.79 Å². The van der Waals surface area contributed by atoms with E-state index in [0.29, 0.717) is 0 Å². The molecule has 0 aliphatic heterocycles. The Morgan fingerprint density at radius 2 is 2.00 bits per heavy atom. The Bertz CT molecular complexity index is 400. The lowest BCUT2D eigenvalue weighted by Crippen LogP contribution is -2.18. The van der Waals surface area contributed by atoms with Crippen molar-refractivity contribution in [2.45, 2.75) is 13.3 Å². The van der Waals surface area contributed by atoms with Crippen LogP contribution >= 0.6 is 0 Å². The molecule has 0 aliphatic carbocycles. The lowest BCUT2D eigenvalue weighted by atomic mass is 10.3.